The lowest BCUT2D eigenvalue weighted by Crippen LogP contribution is -2.42. The first-order chi connectivity index (χ1) is 9.02. The maximum absolute atomic E-state index is 10.0. The van der Waals surface area contributed by atoms with E-state index >= 15 is 0 Å². The van der Waals surface area contributed by atoms with Gasteiger partial charge in [-0.2, -0.15) is 0 Å². The summed E-state index contributed by atoms with van der Waals surface area (Å²) in [4.78, 5) is 2.39. The number of aliphatic hydroxyl groups is 1. The zero-order valence-electron chi connectivity index (χ0n) is 11.7. The van der Waals surface area contributed by atoms with Gasteiger partial charge in [-0.25, -0.2) is 0 Å². The second-order valence-electron chi connectivity index (χ2n) is 5.54. The first kappa shape index (κ1) is 14.8. The number of rotatable bonds is 4. The molecule has 106 valence electrons. The second-order valence-corrected chi connectivity index (χ2v) is 6.45. The van der Waals surface area contributed by atoms with Crippen LogP contribution >= 0.6 is 15.9 Å². The smallest absolute Gasteiger partial charge is 0.0653 e. The highest BCUT2D eigenvalue weighted by Gasteiger charge is 2.28. The van der Waals surface area contributed by atoms with Crippen LogP contribution in [0.4, 0.5) is 5.69 Å². The lowest BCUT2D eigenvalue weighted by atomic mass is 9.93. The van der Waals surface area contributed by atoms with Crippen LogP contribution in [-0.4, -0.2) is 30.3 Å². The van der Waals surface area contributed by atoms with Crippen LogP contribution < -0.4 is 10.2 Å². The molecular weight excluding hydrogens is 304 g/mol. The van der Waals surface area contributed by atoms with E-state index in [4.69, 9.17) is 0 Å². The molecule has 1 aliphatic heterocycles. The van der Waals surface area contributed by atoms with E-state index in [0.29, 0.717) is 0 Å². The molecule has 0 atom stereocenters. The van der Waals surface area contributed by atoms with Crippen molar-refractivity contribution < 1.29 is 5.11 Å². The van der Waals surface area contributed by atoms with E-state index < -0.39 is 5.60 Å². The molecule has 0 aromatic heterocycles. The number of nitrogens with zero attached hydrogens (tertiary/aromatic N) is 1. The fraction of sp³-hybridized carbons (Fsp3) is 0.600. The van der Waals surface area contributed by atoms with E-state index in [1.807, 2.05) is 6.92 Å². The van der Waals surface area contributed by atoms with E-state index in [1.54, 1.807) is 0 Å². The largest absolute Gasteiger partial charge is 0.390 e. The van der Waals surface area contributed by atoms with E-state index in [0.717, 1.165) is 43.5 Å². The predicted molar refractivity (Wildman–Crippen MR) is 83.6 cm³/mol. The number of benzene rings is 1. The Morgan fingerprint density at radius 1 is 1.37 bits per heavy atom. The van der Waals surface area contributed by atoms with Crippen molar-refractivity contribution in [3.05, 3.63) is 28.2 Å². The number of hydrogen-bond acceptors (Lipinski definition) is 3. The summed E-state index contributed by atoms with van der Waals surface area (Å²) in [6.45, 7) is 7.77. The number of nitrogens with one attached hydrogen (secondary N) is 1. The molecule has 2 rings (SSSR count). The monoisotopic (exact) mass is 326 g/mol. The average molecular weight is 327 g/mol. The SMILES string of the molecule is CCNCc1cc(Br)ccc1N1CCC(C)(O)CC1. The van der Waals surface area contributed by atoms with Crippen molar-refractivity contribution in [3.8, 4) is 0 Å². The Morgan fingerprint density at radius 3 is 2.68 bits per heavy atom. The van der Waals surface area contributed by atoms with Gasteiger partial charge in [-0.05, 0) is 50.1 Å². The van der Waals surface area contributed by atoms with Gasteiger partial charge in [0.2, 0.25) is 0 Å². The molecule has 1 fully saturated rings. The third-order valence-electron chi connectivity index (χ3n) is 3.79. The van der Waals surface area contributed by atoms with E-state index in [1.165, 1.54) is 11.3 Å². The van der Waals surface area contributed by atoms with Gasteiger partial charge in [0, 0.05) is 29.8 Å². The Hall–Kier alpha value is -0.580. The van der Waals surface area contributed by atoms with Gasteiger partial charge >= 0.3 is 0 Å². The summed E-state index contributed by atoms with van der Waals surface area (Å²) in [5.74, 6) is 0. The van der Waals surface area contributed by atoms with Gasteiger partial charge in [-0.3, -0.25) is 0 Å². The summed E-state index contributed by atoms with van der Waals surface area (Å²) in [5, 5.41) is 13.4. The first-order valence-electron chi connectivity index (χ1n) is 6.98. The van der Waals surface area contributed by atoms with Crippen LogP contribution in [0.2, 0.25) is 0 Å². The van der Waals surface area contributed by atoms with E-state index in [9.17, 15) is 5.11 Å². The molecule has 0 aliphatic carbocycles. The topological polar surface area (TPSA) is 35.5 Å². The van der Waals surface area contributed by atoms with Crippen molar-refractivity contribution >= 4 is 21.6 Å². The van der Waals surface area contributed by atoms with Crippen LogP contribution in [0.25, 0.3) is 0 Å². The van der Waals surface area contributed by atoms with Crippen LogP contribution in [0.15, 0.2) is 22.7 Å². The zero-order valence-corrected chi connectivity index (χ0v) is 13.3. The van der Waals surface area contributed by atoms with Crippen LogP contribution in [0.3, 0.4) is 0 Å². The van der Waals surface area contributed by atoms with Crippen LogP contribution in [0.1, 0.15) is 32.3 Å². The highest BCUT2D eigenvalue weighted by atomic mass is 79.9. The van der Waals surface area contributed by atoms with Gasteiger partial charge in [-0.1, -0.05) is 22.9 Å². The minimum Gasteiger partial charge on any atom is -0.390 e. The molecule has 1 aromatic carbocycles. The standard InChI is InChI=1S/C15H23BrN2O/c1-3-17-11-12-10-13(16)4-5-14(12)18-8-6-15(2,19)7-9-18/h4-5,10,17,19H,3,6-9,11H2,1-2H3. The average Bonchev–Trinajstić information content (AvgIpc) is 2.37. The van der Waals surface area contributed by atoms with Gasteiger partial charge in [0.15, 0.2) is 0 Å². The molecule has 1 heterocycles. The summed E-state index contributed by atoms with van der Waals surface area (Å²) in [7, 11) is 0. The van der Waals surface area contributed by atoms with Crippen molar-refractivity contribution in [2.75, 3.05) is 24.5 Å². The fourth-order valence-corrected chi connectivity index (χ4v) is 2.90. The Kier molecular flexibility index (Phi) is 4.87. The number of piperidine rings is 1. The minimum absolute atomic E-state index is 0.492. The summed E-state index contributed by atoms with van der Waals surface area (Å²) in [5.41, 5.74) is 2.12. The quantitative estimate of drug-likeness (QED) is 0.893. The molecule has 0 radical (unpaired) electrons. The lowest BCUT2D eigenvalue weighted by Gasteiger charge is -2.38. The highest BCUT2D eigenvalue weighted by molar-refractivity contribution is 9.10. The Labute approximate surface area is 124 Å². The van der Waals surface area contributed by atoms with Crippen molar-refractivity contribution in [2.24, 2.45) is 0 Å². The Balaban J connectivity index is 2.15. The molecule has 0 unspecified atom stereocenters. The fourth-order valence-electron chi connectivity index (χ4n) is 2.49. The number of anilines is 1. The molecule has 1 aliphatic rings. The number of halogens is 1. The maximum atomic E-state index is 10.0. The summed E-state index contributed by atoms with van der Waals surface area (Å²) >= 11 is 3.54. The minimum atomic E-state index is -0.492. The third-order valence-corrected chi connectivity index (χ3v) is 4.28. The maximum Gasteiger partial charge on any atom is 0.0653 e. The molecule has 2 N–H and O–H groups in total. The zero-order chi connectivity index (χ0) is 13.9. The molecule has 0 amide bonds. The molecule has 19 heavy (non-hydrogen) atoms. The summed E-state index contributed by atoms with van der Waals surface area (Å²) in [6, 6.07) is 6.46. The van der Waals surface area contributed by atoms with Crippen molar-refractivity contribution in [3.63, 3.8) is 0 Å². The highest BCUT2D eigenvalue weighted by Crippen LogP contribution is 2.30. The van der Waals surface area contributed by atoms with Crippen molar-refractivity contribution in [2.45, 2.75) is 38.8 Å². The van der Waals surface area contributed by atoms with Crippen LogP contribution in [0, 0.1) is 0 Å². The van der Waals surface area contributed by atoms with Crippen molar-refractivity contribution in [1.82, 2.24) is 5.32 Å². The van der Waals surface area contributed by atoms with Gasteiger partial charge in [0.1, 0.15) is 0 Å². The Bertz CT molecular complexity index is 424. The molecule has 3 nitrogen and oxygen atoms in total. The predicted octanol–water partition coefficient (Wildman–Crippen LogP) is 2.91. The molecule has 0 saturated carbocycles. The van der Waals surface area contributed by atoms with Gasteiger partial charge in [0.05, 0.1) is 5.60 Å². The second kappa shape index (κ2) is 6.25. The van der Waals surface area contributed by atoms with Crippen LogP contribution in [0.5, 0.6) is 0 Å². The van der Waals surface area contributed by atoms with Crippen molar-refractivity contribution in [1.29, 1.82) is 0 Å². The lowest BCUT2D eigenvalue weighted by molar-refractivity contribution is 0.0351. The normalized spacial score (nSPS) is 18.6. The summed E-state index contributed by atoms with van der Waals surface area (Å²) in [6.07, 6.45) is 1.67. The molecule has 1 saturated heterocycles. The first-order valence-corrected chi connectivity index (χ1v) is 7.77. The van der Waals surface area contributed by atoms with E-state index in [-0.39, 0.29) is 0 Å². The number of hydrogen-bond donors (Lipinski definition) is 2. The Morgan fingerprint density at radius 2 is 2.05 bits per heavy atom. The van der Waals surface area contributed by atoms with Gasteiger partial charge in [0.25, 0.3) is 0 Å². The van der Waals surface area contributed by atoms with Gasteiger partial charge < -0.3 is 15.3 Å². The third kappa shape index (κ3) is 3.94. The molecule has 0 bridgehead atoms. The van der Waals surface area contributed by atoms with Gasteiger partial charge in [-0.15, -0.1) is 0 Å². The molecular formula is C15H23BrN2O. The van der Waals surface area contributed by atoms with Crippen LogP contribution in [-0.2, 0) is 6.54 Å². The molecule has 1 aromatic rings. The molecule has 0 spiro atoms. The molecule has 4 heteroatoms. The van der Waals surface area contributed by atoms with E-state index in [2.05, 4.69) is 51.3 Å². The summed E-state index contributed by atoms with van der Waals surface area (Å²) < 4.78 is 1.12.